The Kier molecular flexibility index (Phi) is 3.19. The van der Waals surface area contributed by atoms with E-state index in [0.717, 1.165) is 10.6 Å². The van der Waals surface area contributed by atoms with Gasteiger partial charge in [0.1, 0.15) is 12.4 Å². The van der Waals surface area contributed by atoms with Gasteiger partial charge < -0.3 is 10.5 Å². The van der Waals surface area contributed by atoms with Gasteiger partial charge in [-0.15, -0.1) is 0 Å². The molecule has 0 amide bonds. The van der Waals surface area contributed by atoms with Crippen LogP contribution in [-0.4, -0.2) is 4.98 Å². The Hall–Kier alpha value is -1.55. The first kappa shape index (κ1) is 11.5. The van der Waals surface area contributed by atoms with Gasteiger partial charge in [0.2, 0.25) is 0 Å². The van der Waals surface area contributed by atoms with Gasteiger partial charge in [0.05, 0.1) is 4.88 Å². The number of hydrogen-bond acceptors (Lipinski definition) is 4. The molecule has 0 spiro atoms. The Morgan fingerprint density at radius 2 is 2.06 bits per heavy atom. The van der Waals surface area contributed by atoms with Crippen molar-refractivity contribution in [2.24, 2.45) is 0 Å². The highest BCUT2D eigenvalue weighted by Crippen LogP contribution is 2.26. The van der Waals surface area contributed by atoms with Crippen molar-refractivity contribution < 1.29 is 4.74 Å². The Morgan fingerprint density at radius 1 is 1.22 bits per heavy atom. The van der Waals surface area contributed by atoms with E-state index in [1.807, 2.05) is 0 Å². The number of thiazole rings is 1. The summed E-state index contributed by atoms with van der Waals surface area (Å²) in [4.78, 5) is 5.08. The summed E-state index contributed by atoms with van der Waals surface area (Å²) >= 11 is 1.48. The van der Waals surface area contributed by atoms with Gasteiger partial charge in [0.15, 0.2) is 5.13 Å². The number of nitrogens with two attached hydrogens (primary N) is 1. The maximum absolute atomic E-state index is 5.79. The molecule has 4 heteroatoms. The Morgan fingerprint density at radius 3 is 2.83 bits per heavy atom. The number of nitrogen functional groups attached to an aromatic ring is 1. The molecule has 1 heterocycles. The molecule has 0 radical (unpaired) electrons. The second kappa shape index (κ2) is 4.98. The van der Waals surface area contributed by atoms with Crippen LogP contribution in [0.1, 0.15) is 28.8 Å². The number of rotatable bonds is 3. The summed E-state index contributed by atoms with van der Waals surface area (Å²) in [5.74, 6) is 0.947. The summed E-state index contributed by atoms with van der Waals surface area (Å²) in [6.45, 7) is 0.549. The maximum atomic E-state index is 5.79. The highest BCUT2D eigenvalue weighted by Gasteiger charge is 2.10. The summed E-state index contributed by atoms with van der Waals surface area (Å²) in [5, 5.41) is 0.596. The van der Waals surface area contributed by atoms with Crippen molar-refractivity contribution in [1.82, 2.24) is 4.98 Å². The second-order valence-corrected chi connectivity index (χ2v) is 5.74. The third-order valence-electron chi connectivity index (χ3n) is 3.27. The third kappa shape index (κ3) is 2.48. The van der Waals surface area contributed by atoms with Crippen molar-refractivity contribution in [2.75, 3.05) is 5.73 Å². The van der Waals surface area contributed by atoms with Gasteiger partial charge in [-0.05, 0) is 48.9 Å². The van der Waals surface area contributed by atoms with Crippen molar-refractivity contribution in [3.63, 3.8) is 0 Å². The average molecular weight is 260 g/mol. The van der Waals surface area contributed by atoms with Gasteiger partial charge in [-0.25, -0.2) is 4.98 Å². The highest BCUT2D eigenvalue weighted by molar-refractivity contribution is 7.15. The first-order valence-electron chi connectivity index (χ1n) is 6.26. The fraction of sp³-hybridized carbons (Fsp3) is 0.357. The van der Waals surface area contributed by atoms with Crippen LogP contribution in [0.4, 0.5) is 5.13 Å². The Balaban J connectivity index is 1.69. The van der Waals surface area contributed by atoms with Gasteiger partial charge in [0.25, 0.3) is 0 Å². The van der Waals surface area contributed by atoms with Gasteiger partial charge in [-0.3, -0.25) is 0 Å². The number of fused-ring (bicyclic) bond motifs is 1. The van der Waals surface area contributed by atoms with E-state index in [2.05, 4.69) is 23.2 Å². The van der Waals surface area contributed by atoms with Crippen LogP contribution in [-0.2, 0) is 19.4 Å². The fourth-order valence-corrected chi connectivity index (χ4v) is 2.94. The smallest absolute Gasteiger partial charge is 0.180 e. The molecule has 0 saturated carbocycles. The van der Waals surface area contributed by atoms with E-state index in [0.29, 0.717) is 11.7 Å². The van der Waals surface area contributed by atoms with Crippen LogP contribution in [0.2, 0.25) is 0 Å². The number of hydrogen-bond donors (Lipinski definition) is 1. The van der Waals surface area contributed by atoms with E-state index in [-0.39, 0.29) is 0 Å². The maximum Gasteiger partial charge on any atom is 0.180 e. The van der Waals surface area contributed by atoms with Crippen molar-refractivity contribution >= 4 is 16.5 Å². The van der Waals surface area contributed by atoms with Crippen LogP contribution < -0.4 is 10.5 Å². The zero-order valence-electron chi connectivity index (χ0n) is 10.2. The number of aromatic nitrogens is 1. The fourth-order valence-electron chi connectivity index (χ4n) is 2.34. The molecule has 0 aliphatic heterocycles. The zero-order valence-corrected chi connectivity index (χ0v) is 11.0. The zero-order chi connectivity index (χ0) is 12.4. The molecule has 0 saturated heterocycles. The lowest BCUT2D eigenvalue weighted by Crippen LogP contribution is -2.03. The summed E-state index contributed by atoms with van der Waals surface area (Å²) in [6, 6.07) is 6.44. The van der Waals surface area contributed by atoms with E-state index < -0.39 is 0 Å². The monoisotopic (exact) mass is 260 g/mol. The van der Waals surface area contributed by atoms with Crippen LogP contribution in [0.25, 0.3) is 0 Å². The molecule has 0 unspecified atom stereocenters. The summed E-state index contributed by atoms with van der Waals surface area (Å²) in [6.07, 6.45) is 6.77. The molecule has 1 aromatic heterocycles. The van der Waals surface area contributed by atoms with Crippen molar-refractivity contribution in [2.45, 2.75) is 32.3 Å². The number of nitrogens with zero attached hydrogens (tertiary/aromatic N) is 1. The first-order chi connectivity index (χ1) is 8.81. The third-order valence-corrected chi connectivity index (χ3v) is 4.07. The average Bonchev–Trinajstić information content (AvgIpc) is 2.82. The van der Waals surface area contributed by atoms with Crippen LogP contribution in [0.15, 0.2) is 24.4 Å². The van der Waals surface area contributed by atoms with Crippen LogP contribution in [0.3, 0.4) is 0 Å². The quantitative estimate of drug-likeness (QED) is 0.922. The predicted molar refractivity (Wildman–Crippen MR) is 73.9 cm³/mol. The summed E-state index contributed by atoms with van der Waals surface area (Å²) in [5.41, 5.74) is 8.52. The van der Waals surface area contributed by atoms with Crippen LogP contribution >= 0.6 is 11.3 Å². The Labute approximate surface area is 111 Å². The van der Waals surface area contributed by atoms with E-state index in [9.17, 15) is 0 Å². The van der Waals surface area contributed by atoms with E-state index in [4.69, 9.17) is 10.5 Å². The molecule has 1 aromatic carbocycles. The molecule has 2 N–H and O–H groups in total. The van der Waals surface area contributed by atoms with E-state index in [1.54, 1.807) is 6.20 Å². The number of aryl methyl sites for hydroxylation is 2. The van der Waals surface area contributed by atoms with Gasteiger partial charge >= 0.3 is 0 Å². The minimum atomic E-state index is 0.549. The van der Waals surface area contributed by atoms with Crippen molar-refractivity contribution in [3.05, 3.63) is 40.4 Å². The van der Waals surface area contributed by atoms with Crippen molar-refractivity contribution in [1.29, 1.82) is 0 Å². The molecule has 1 aliphatic carbocycles. The van der Waals surface area contributed by atoms with Gasteiger partial charge in [-0.2, -0.15) is 0 Å². The van der Waals surface area contributed by atoms with Gasteiger partial charge in [-0.1, -0.05) is 17.4 Å². The van der Waals surface area contributed by atoms with Crippen LogP contribution in [0.5, 0.6) is 5.75 Å². The molecule has 3 rings (SSSR count). The normalized spacial score (nSPS) is 14.2. The van der Waals surface area contributed by atoms with Crippen LogP contribution in [0, 0.1) is 0 Å². The highest BCUT2D eigenvalue weighted by atomic mass is 32.1. The summed E-state index contributed by atoms with van der Waals surface area (Å²) < 4.78 is 5.79. The lowest BCUT2D eigenvalue weighted by atomic mass is 9.92. The predicted octanol–water partition coefficient (Wildman–Crippen LogP) is 3.18. The molecule has 94 valence electrons. The van der Waals surface area contributed by atoms with Crippen molar-refractivity contribution in [3.8, 4) is 5.75 Å². The molecule has 0 atom stereocenters. The molecular formula is C14H16N2OS. The van der Waals surface area contributed by atoms with Gasteiger partial charge in [0, 0.05) is 6.20 Å². The Bertz CT molecular complexity index is 550. The standard InChI is InChI=1S/C14H16N2OS/c15-14-16-8-13(18-14)9-17-12-6-5-10-3-1-2-4-11(10)7-12/h5-8H,1-4,9H2,(H2,15,16). The molecule has 18 heavy (non-hydrogen) atoms. The number of benzene rings is 1. The topological polar surface area (TPSA) is 48.1 Å². The molecule has 2 aromatic rings. The largest absolute Gasteiger partial charge is 0.488 e. The minimum absolute atomic E-state index is 0.549. The molecule has 3 nitrogen and oxygen atoms in total. The molecular weight excluding hydrogens is 244 g/mol. The second-order valence-electron chi connectivity index (χ2n) is 4.59. The number of anilines is 1. The number of ether oxygens (including phenoxy) is 1. The lowest BCUT2D eigenvalue weighted by molar-refractivity contribution is 0.309. The van der Waals surface area contributed by atoms with E-state index >= 15 is 0 Å². The SMILES string of the molecule is Nc1ncc(COc2ccc3c(c2)CCCC3)s1. The molecule has 1 aliphatic rings. The lowest BCUT2D eigenvalue weighted by Gasteiger charge is -2.16. The molecule has 0 bridgehead atoms. The first-order valence-corrected chi connectivity index (χ1v) is 7.08. The molecule has 0 fully saturated rings. The minimum Gasteiger partial charge on any atom is -0.488 e. The summed E-state index contributed by atoms with van der Waals surface area (Å²) in [7, 11) is 0. The van der Waals surface area contributed by atoms with E-state index in [1.165, 1.54) is 48.1 Å².